The van der Waals surface area contributed by atoms with Crippen LogP contribution in [0.5, 0.6) is 0 Å². The Labute approximate surface area is 111 Å². The van der Waals surface area contributed by atoms with Gasteiger partial charge in [0.25, 0.3) is 0 Å². The fraction of sp³-hybridized carbons (Fsp3) is 0.500. The minimum absolute atomic E-state index is 0.0812. The molecule has 2 rings (SSSR count). The molecule has 2 N–H and O–H groups in total. The van der Waals surface area contributed by atoms with Crippen molar-refractivity contribution in [3.63, 3.8) is 0 Å². The van der Waals surface area contributed by atoms with E-state index in [1.807, 2.05) is 6.92 Å². The fourth-order valence-electron chi connectivity index (χ4n) is 2.24. The molecule has 1 aliphatic heterocycles. The number of hydrogen-bond acceptors (Lipinski definition) is 4. The number of benzene rings is 1. The molecule has 2 unspecified atom stereocenters. The third-order valence-corrected chi connectivity index (χ3v) is 4.84. The van der Waals surface area contributed by atoms with E-state index in [-0.39, 0.29) is 16.9 Å². The monoisotopic (exact) mass is 290 g/mol. The van der Waals surface area contributed by atoms with Crippen molar-refractivity contribution in [1.29, 1.82) is 0 Å². The lowest BCUT2D eigenvalue weighted by Crippen LogP contribution is -2.29. The van der Waals surface area contributed by atoms with E-state index < -0.39 is 15.6 Å². The molecule has 0 spiro atoms. The predicted octanol–water partition coefficient (Wildman–Crippen LogP) is 1.47. The van der Waals surface area contributed by atoms with Crippen LogP contribution in [0.2, 0.25) is 0 Å². The summed E-state index contributed by atoms with van der Waals surface area (Å²) in [6, 6.07) is 5.75. The Bertz CT molecular complexity index is 553. The summed E-state index contributed by atoms with van der Waals surface area (Å²) in [5.41, 5.74) is 6.19. The highest BCUT2D eigenvalue weighted by Gasteiger charge is 2.33. The van der Waals surface area contributed by atoms with Crippen LogP contribution in [0, 0.1) is 5.92 Å². The molecule has 1 saturated heterocycles. The summed E-state index contributed by atoms with van der Waals surface area (Å²) in [5.74, 6) is -3.22. The van der Waals surface area contributed by atoms with Gasteiger partial charge in [0.15, 0.2) is 0 Å². The first-order valence-corrected chi connectivity index (χ1v) is 7.50. The number of alkyl halides is 2. The maximum Gasteiger partial charge on any atom is 0.341 e. The molecule has 0 radical (unpaired) electrons. The third-order valence-electron chi connectivity index (χ3n) is 3.42. The zero-order chi connectivity index (χ0) is 14.2. The normalized spacial score (nSPS) is 24.2. The largest absolute Gasteiger partial charge is 0.369 e. The maximum atomic E-state index is 12.7. The number of halogens is 2. The van der Waals surface area contributed by atoms with E-state index in [1.54, 1.807) is 17.0 Å². The number of para-hydroxylation sites is 1. The number of nitrogens with zero attached hydrogens (tertiary/aromatic N) is 1. The van der Waals surface area contributed by atoms with Gasteiger partial charge in [0.05, 0.1) is 10.6 Å². The highest BCUT2D eigenvalue weighted by molar-refractivity contribution is 7.91. The second-order valence-electron chi connectivity index (χ2n) is 4.82. The van der Waals surface area contributed by atoms with Crippen LogP contribution in [-0.4, -0.2) is 33.3 Å². The lowest BCUT2D eigenvalue weighted by Gasteiger charge is -2.21. The SMILES string of the molecule is CC1CN(c2ccccc2S(=O)(=O)C(F)F)CC1N. The Morgan fingerprint density at radius 1 is 1.32 bits per heavy atom. The quantitative estimate of drug-likeness (QED) is 0.915. The Hall–Kier alpha value is -1.21. The van der Waals surface area contributed by atoms with Gasteiger partial charge >= 0.3 is 5.76 Å². The summed E-state index contributed by atoms with van der Waals surface area (Å²) in [5, 5.41) is 0. The molecule has 1 aromatic rings. The molecule has 0 amide bonds. The van der Waals surface area contributed by atoms with Gasteiger partial charge in [-0.25, -0.2) is 8.42 Å². The third kappa shape index (κ3) is 2.57. The van der Waals surface area contributed by atoms with Gasteiger partial charge in [-0.05, 0) is 18.1 Å². The summed E-state index contributed by atoms with van der Waals surface area (Å²) in [6.45, 7) is 2.99. The highest BCUT2D eigenvalue weighted by Crippen LogP contribution is 2.32. The molecular weight excluding hydrogens is 274 g/mol. The Kier molecular flexibility index (Phi) is 3.78. The Balaban J connectivity index is 2.44. The van der Waals surface area contributed by atoms with Crippen molar-refractivity contribution in [1.82, 2.24) is 0 Å². The average molecular weight is 290 g/mol. The standard InChI is InChI=1S/C12H16F2N2O2S/c1-8-6-16(7-9(8)15)10-4-2-3-5-11(10)19(17,18)12(13)14/h2-5,8-9,12H,6-7,15H2,1H3. The molecule has 1 fully saturated rings. The molecule has 0 aliphatic carbocycles. The Morgan fingerprint density at radius 3 is 2.47 bits per heavy atom. The van der Waals surface area contributed by atoms with Crippen LogP contribution in [0.3, 0.4) is 0 Å². The molecule has 1 heterocycles. The second kappa shape index (κ2) is 5.05. The molecule has 0 bridgehead atoms. The predicted molar refractivity (Wildman–Crippen MR) is 69.0 cm³/mol. The van der Waals surface area contributed by atoms with Crippen molar-refractivity contribution in [3.8, 4) is 0 Å². The number of nitrogens with two attached hydrogens (primary N) is 1. The topological polar surface area (TPSA) is 63.4 Å². The first-order chi connectivity index (χ1) is 8.84. The lowest BCUT2D eigenvalue weighted by molar-refractivity contribution is 0.235. The molecule has 4 nitrogen and oxygen atoms in total. The van der Waals surface area contributed by atoms with Gasteiger partial charge in [-0.3, -0.25) is 0 Å². The van der Waals surface area contributed by atoms with Crippen molar-refractivity contribution >= 4 is 15.5 Å². The van der Waals surface area contributed by atoms with Crippen molar-refractivity contribution < 1.29 is 17.2 Å². The van der Waals surface area contributed by atoms with Crippen molar-refractivity contribution in [2.45, 2.75) is 23.6 Å². The smallest absolute Gasteiger partial charge is 0.341 e. The Morgan fingerprint density at radius 2 is 1.95 bits per heavy atom. The molecule has 2 atom stereocenters. The summed E-state index contributed by atoms with van der Waals surface area (Å²) in [7, 11) is -4.60. The van der Waals surface area contributed by atoms with Crippen LogP contribution in [-0.2, 0) is 9.84 Å². The molecular formula is C12H16F2N2O2S. The minimum Gasteiger partial charge on any atom is -0.369 e. The summed E-state index contributed by atoms with van der Waals surface area (Å²) >= 11 is 0. The van der Waals surface area contributed by atoms with Crippen LogP contribution in [0.15, 0.2) is 29.2 Å². The van der Waals surface area contributed by atoms with Crippen LogP contribution in [0.1, 0.15) is 6.92 Å². The van der Waals surface area contributed by atoms with Crippen LogP contribution in [0.4, 0.5) is 14.5 Å². The van der Waals surface area contributed by atoms with E-state index >= 15 is 0 Å². The number of rotatable bonds is 3. The zero-order valence-electron chi connectivity index (χ0n) is 10.5. The van der Waals surface area contributed by atoms with Gasteiger partial charge in [-0.15, -0.1) is 0 Å². The molecule has 1 aliphatic rings. The summed E-state index contributed by atoms with van der Waals surface area (Å²) < 4.78 is 48.7. The highest BCUT2D eigenvalue weighted by atomic mass is 32.2. The zero-order valence-corrected chi connectivity index (χ0v) is 11.3. The molecule has 7 heteroatoms. The van der Waals surface area contributed by atoms with Gasteiger partial charge in [0, 0.05) is 19.1 Å². The van der Waals surface area contributed by atoms with E-state index in [9.17, 15) is 17.2 Å². The molecule has 106 valence electrons. The number of sulfone groups is 1. The molecule has 0 aromatic heterocycles. The summed E-state index contributed by atoms with van der Waals surface area (Å²) in [4.78, 5) is 1.43. The van der Waals surface area contributed by atoms with E-state index in [1.165, 1.54) is 12.1 Å². The van der Waals surface area contributed by atoms with Crippen molar-refractivity contribution in [3.05, 3.63) is 24.3 Å². The van der Waals surface area contributed by atoms with Crippen LogP contribution >= 0.6 is 0 Å². The van der Waals surface area contributed by atoms with Crippen molar-refractivity contribution in [2.24, 2.45) is 11.7 Å². The molecule has 1 aromatic carbocycles. The second-order valence-corrected chi connectivity index (χ2v) is 6.71. The van der Waals surface area contributed by atoms with Gasteiger partial charge in [-0.1, -0.05) is 19.1 Å². The number of hydrogen-bond donors (Lipinski definition) is 1. The van der Waals surface area contributed by atoms with E-state index in [4.69, 9.17) is 5.73 Å². The minimum atomic E-state index is -4.60. The van der Waals surface area contributed by atoms with E-state index in [2.05, 4.69) is 0 Å². The first-order valence-electron chi connectivity index (χ1n) is 5.95. The maximum absolute atomic E-state index is 12.7. The van der Waals surface area contributed by atoms with Gasteiger partial charge in [0.2, 0.25) is 9.84 Å². The molecule has 0 saturated carbocycles. The van der Waals surface area contributed by atoms with E-state index in [0.717, 1.165) is 0 Å². The lowest BCUT2D eigenvalue weighted by atomic mass is 10.1. The summed E-state index contributed by atoms with van der Waals surface area (Å²) in [6.07, 6.45) is 0. The van der Waals surface area contributed by atoms with Gasteiger partial charge in [-0.2, -0.15) is 8.78 Å². The first kappa shape index (κ1) is 14.2. The van der Waals surface area contributed by atoms with Gasteiger partial charge in [0.1, 0.15) is 0 Å². The van der Waals surface area contributed by atoms with Gasteiger partial charge < -0.3 is 10.6 Å². The average Bonchev–Trinajstić information content (AvgIpc) is 2.69. The number of anilines is 1. The van der Waals surface area contributed by atoms with E-state index in [0.29, 0.717) is 18.8 Å². The molecule has 19 heavy (non-hydrogen) atoms. The van der Waals surface area contributed by atoms with Crippen LogP contribution < -0.4 is 10.6 Å². The van der Waals surface area contributed by atoms with Crippen molar-refractivity contribution in [2.75, 3.05) is 18.0 Å². The van der Waals surface area contributed by atoms with Crippen LogP contribution in [0.25, 0.3) is 0 Å². The fourth-order valence-corrected chi connectivity index (χ4v) is 3.19.